The smallest absolute Gasteiger partial charge is 0.270 e. The Hall–Kier alpha value is -3.20. The molecule has 2 aromatic heterocycles. The second kappa shape index (κ2) is 7.32. The fraction of sp³-hybridized carbons (Fsp3) is 0.350. The normalized spacial score (nSPS) is 15.0. The van der Waals surface area contributed by atoms with Crippen LogP contribution < -0.4 is 10.1 Å². The van der Waals surface area contributed by atoms with Crippen molar-refractivity contribution in [3.8, 4) is 17.1 Å². The third kappa shape index (κ3) is 3.86. The van der Waals surface area contributed by atoms with E-state index in [-0.39, 0.29) is 23.9 Å². The number of aryl methyl sites for hydroxylation is 2. The number of hydrogen-bond acceptors (Lipinski definition) is 6. The maximum Gasteiger partial charge on any atom is 0.270 e. The number of nitrogens with one attached hydrogen (secondary N) is 1. The molecule has 3 aromatic rings. The summed E-state index contributed by atoms with van der Waals surface area (Å²) >= 11 is 0. The monoisotopic (exact) mass is 400 g/mol. The first-order valence-corrected chi connectivity index (χ1v) is 9.13. The van der Waals surface area contributed by atoms with E-state index in [0.29, 0.717) is 36.2 Å². The van der Waals surface area contributed by atoms with Crippen molar-refractivity contribution in [2.24, 2.45) is 7.05 Å². The van der Waals surface area contributed by atoms with Crippen LogP contribution in [0.3, 0.4) is 0 Å². The zero-order valence-electron chi connectivity index (χ0n) is 16.4. The molecule has 0 spiro atoms. The van der Waals surface area contributed by atoms with Gasteiger partial charge < -0.3 is 19.3 Å². The van der Waals surface area contributed by atoms with Crippen molar-refractivity contribution < 1.29 is 23.2 Å². The zero-order chi connectivity index (χ0) is 20.6. The molecule has 8 nitrogen and oxygen atoms in total. The number of amides is 1. The molecule has 4 rings (SSSR count). The molecule has 3 heterocycles. The van der Waals surface area contributed by atoms with Crippen LogP contribution in [0.4, 0.5) is 4.39 Å². The second-order valence-corrected chi connectivity index (χ2v) is 7.36. The minimum absolute atomic E-state index is 0.145. The summed E-state index contributed by atoms with van der Waals surface area (Å²) in [7, 11) is 1.68. The molecule has 0 atom stereocenters. The molecule has 0 bridgehead atoms. The van der Waals surface area contributed by atoms with E-state index in [0.717, 1.165) is 11.1 Å². The van der Waals surface area contributed by atoms with Gasteiger partial charge in [0, 0.05) is 18.7 Å². The number of carbonyl (C=O) groups excluding carboxylic acids is 1. The Balaban J connectivity index is 1.48. The predicted molar refractivity (Wildman–Crippen MR) is 101 cm³/mol. The summed E-state index contributed by atoms with van der Waals surface area (Å²) in [6, 6.07) is 7.56. The van der Waals surface area contributed by atoms with Crippen molar-refractivity contribution in [1.82, 2.24) is 20.3 Å². The van der Waals surface area contributed by atoms with Gasteiger partial charge in [0.15, 0.2) is 0 Å². The molecule has 1 aromatic carbocycles. The third-order valence-corrected chi connectivity index (χ3v) is 4.81. The lowest BCUT2D eigenvalue weighted by molar-refractivity contribution is -0.0594. The lowest BCUT2D eigenvalue weighted by Gasteiger charge is -2.38. The number of halogens is 1. The van der Waals surface area contributed by atoms with E-state index in [1.165, 1.54) is 16.8 Å². The van der Waals surface area contributed by atoms with Gasteiger partial charge in [0.25, 0.3) is 5.91 Å². The molecule has 152 valence electrons. The van der Waals surface area contributed by atoms with Gasteiger partial charge >= 0.3 is 0 Å². The molecular weight excluding hydrogens is 379 g/mol. The molecule has 0 saturated carbocycles. The van der Waals surface area contributed by atoms with Crippen LogP contribution in [0.5, 0.6) is 5.88 Å². The van der Waals surface area contributed by atoms with E-state index >= 15 is 0 Å². The van der Waals surface area contributed by atoms with Gasteiger partial charge in [-0.05, 0) is 38.1 Å². The lowest BCUT2D eigenvalue weighted by atomic mass is 10.0. The van der Waals surface area contributed by atoms with E-state index in [4.69, 9.17) is 14.0 Å². The van der Waals surface area contributed by atoms with Gasteiger partial charge in [0.05, 0.1) is 24.3 Å². The molecule has 1 amide bonds. The van der Waals surface area contributed by atoms with Crippen molar-refractivity contribution in [1.29, 1.82) is 0 Å². The van der Waals surface area contributed by atoms with Crippen molar-refractivity contribution >= 4 is 5.91 Å². The van der Waals surface area contributed by atoms with Crippen molar-refractivity contribution in [3.05, 3.63) is 53.2 Å². The topological polar surface area (TPSA) is 91.4 Å². The number of hydrogen-bond donors (Lipinski definition) is 1. The fourth-order valence-electron chi connectivity index (χ4n) is 3.08. The van der Waals surface area contributed by atoms with Gasteiger partial charge in [-0.1, -0.05) is 5.16 Å². The van der Waals surface area contributed by atoms with E-state index in [1.807, 2.05) is 6.92 Å². The first kappa shape index (κ1) is 19.1. The molecular formula is C20H21FN4O4. The van der Waals surface area contributed by atoms with Crippen LogP contribution in [0, 0.1) is 12.7 Å². The Bertz CT molecular complexity index is 1040. The highest BCUT2D eigenvalue weighted by Gasteiger charge is 2.35. The summed E-state index contributed by atoms with van der Waals surface area (Å²) in [6.07, 6.45) is 0. The summed E-state index contributed by atoms with van der Waals surface area (Å²) in [5, 5.41) is 11.2. The van der Waals surface area contributed by atoms with Crippen molar-refractivity contribution in [3.63, 3.8) is 0 Å². The average molecular weight is 400 g/mol. The third-order valence-electron chi connectivity index (χ3n) is 4.81. The van der Waals surface area contributed by atoms with Crippen LogP contribution in [-0.2, 0) is 18.4 Å². The summed E-state index contributed by atoms with van der Waals surface area (Å²) in [4.78, 5) is 12.5. The molecule has 29 heavy (non-hydrogen) atoms. The summed E-state index contributed by atoms with van der Waals surface area (Å²) in [6.45, 7) is 4.81. The molecule has 1 fully saturated rings. The van der Waals surface area contributed by atoms with Crippen LogP contribution in [0.15, 0.2) is 34.9 Å². The number of nitrogens with zero attached hydrogens (tertiary/aromatic N) is 3. The summed E-state index contributed by atoms with van der Waals surface area (Å²) in [5.41, 5.74) is 2.06. The Kier molecular flexibility index (Phi) is 4.83. The highest BCUT2D eigenvalue weighted by molar-refractivity contribution is 5.93. The van der Waals surface area contributed by atoms with Gasteiger partial charge in [0.1, 0.15) is 29.6 Å². The van der Waals surface area contributed by atoms with Gasteiger partial charge in [0.2, 0.25) is 5.88 Å². The van der Waals surface area contributed by atoms with Gasteiger partial charge in [-0.3, -0.25) is 9.48 Å². The molecule has 1 aliphatic heterocycles. The minimum atomic E-state index is -0.355. The SMILES string of the molecule is Cc1onc(-c2ccc(F)cc2)c1COc1cc(C(=O)NC2(C)COC2)n(C)n1. The molecule has 0 aliphatic carbocycles. The first-order chi connectivity index (χ1) is 13.8. The maximum absolute atomic E-state index is 13.2. The van der Waals surface area contributed by atoms with Crippen LogP contribution in [0.1, 0.15) is 28.7 Å². The number of benzene rings is 1. The quantitative estimate of drug-likeness (QED) is 0.684. The van der Waals surface area contributed by atoms with Crippen LogP contribution >= 0.6 is 0 Å². The molecule has 9 heteroatoms. The molecule has 1 N–H and O–H groups in total. The minimum Gasteiger partial charge on any atom is -0.471 e. The Morgan fingerprint density at radius 2 is 2.07 bits per heavy atom. The van der Waals surface area contributed by atoms with E-state index < -0.39 is 0 Å². The first-order valence-electron chi connectivity index (χ1n) is 9.13. The Morgan fingerprint density at radius 3 is 2.72 bits per heavy atom. The van der Waals surface area contributed by atoms with Crippen molar-refractivity contribution in [2.75, 3.05) is 13.2 Å². The second-order valence-electron chi connectivity index (χ2n) is 7.36. The standard InChI is InChI=1S/C20H21FN4O4/c1-12-15(18(24-29-12)13-4-6-14(21)7-5-13)9-28-17-8-16(25(3)23-17)19(26)22-20(2)10-27-11-20/h4-8H,9-11H2,1-3H3,(H,22,26). The Labute approximate surface area is 166 Å². The fourth-order valence-corrected chi connectivity index (χ4v) is 3.08. The van der Waals surface area contributed by atoms with Gasteiger partial charge in [-0.15, -0.1) is 5.10 Å². The molecule has 0 unspecified atom stereocenters. The number of aromatic nitrogens is 3. The predicted octanol–water partition coefficient (Wildman–Crippen LogP) is 2.62. The van der Waals surface area contributed by atoms with E-state index in [9.17, 15) is 9.18 Å². The highest BCUT2D eigenvalue weighted by atomic mass is 19.1. The molecule has 1 aliphatic rings. The Morgan fingerprint density at radius 1 is 1.34 bits per heavy atom. The number of rotatable bonds is 6. The highest BCUT2D eigenvalue weighted by Crippen LogP contribution is 2.27. The maximum atomic E-state index is 13.2. The largest absolute Gasteiger partial charge is 0.471 e. The number of carbonyl (C=O) groups is 1. The molecule has 1 saturated heterocycles. The van der Waals surface area contributed by atoms with E-state index in [1.54, 1.807) is 32.2 Å². The average Bonchev–Trinajstić information content (AvgIpc) is 3.22. The van der Waals surface area contributed by atoms with Crippen LogP contribution in [0.2, 0.25) is 0 Å². The van der Waals surface area contributed by atoms with Crippen molar-refractivity contribution in [2.45, 2.75) is 26.0 Å². The van der Waals surface area contributed by atoms with Crippen LogP contribution in [-0.4, -0.2) is 39.6 Å². The van der Waals surface area contributed by atoms with Crippen LogP contribution in [0.25, 0.3) is 11.3 Å². The summed E-state index contributed by atoms with van der Waals surface area (Å²) in [5.74, 6) is 0.330. The number of ether oxygens (including phenoxy) is 2. The van der Waals surface area contributed by atoms with Gasteiger partial charge in [-0.25, -0.2) is 4.39 Å². The zero-order valence-corrected chi connectivity index (χ0v) is 16.4. The lowest BCUT2D eigenvalue weighted by Crippen LogP contribution is -2.60. The van der Waals surface area contributed by atoms with E-state index in [2.05, 4.69) is 15.6 Å². The summed E-state index contributed by atoms with van der Waals surface area (Å²) < 4.78 is 30.9. The molecule has 0 radical (unpaired) electrons. The van der Waals surface area contributed by atoms with Gasteiger partial charge in [-0.2, -0.15) is 0 Å².